The average molecular weight is 277 g/mol. The number of hydrogen-bond donors (Lipinski definition) is 2. The predicted molar refractivity (Wildman–Crippen MR) is 73.5 cm³/mol. The summed E-state index contributed by atoms with van der Waals surface area (Å²) in [5.74, 6) is 0. The average Bonchev–Trinajstić information content (AvgIpc) is 2.97. The van der Waals surface area contributed by atoms with Crippen LogP contribution >= 0.6 is 0 Å². The zero-order valence-electron chi connectivity index (χ0n) is 12.0. The summed E-state index contributed by atoms with van der Waals surface area (Å²) in [5, 5.41) is 9.44. The highest BCUT2D eigenvalue weighted by Crippen LogP contribution is 2.17. The molecule has 1 atom stereocenters. The largest absolute Gasteiger partial charge is 0.444 e. The van der Waals surface area contributed by atoms with Crippen molar-refractivity contribution in [2.24, 2.45) is 0 Å². The molecule has 0 saturated carbocycles. The van der Waals surface area contributed by atoms with Gasteiger partial charge in [-0.25, -0.2) is 9.78 Å². The summed E-state index contributed by atoms with van der Waals surface area (Å²) in [6.07, 6.45) is 6.36. The van der Waals surface area contributed by atoms with Crippen molar-refractivity contribution >= 4 is 6.09 Å². The number of carbonyl (C=O) groups is 1. The Bertz CT molecular complexity index is 568. The van der Waals surface area contributed by atoms with Crippen LogP contribution in [0.15, 0.2) is 24.9 Å². The van der Waals surface area contributed by atoms with E-state index in [0.717, 1.165) is 11.4 Å². The number of hydrogen-bond acceptors (Lipinski definition) is 4. The van der Waals surface area contributed by atoms with Gasteiger partial charge in [-0.05, 0) is 27.7 Å². The summed E-state index contributed by atoms with van der Waals surface area (Å²) in [5.41, 5.74) is 1.18. The molecule has 0 unspecified atom stereocenters. The summed E-state index contributed by atoms with van der Waals surface area (Å²) in [7, 11) is 0. The van der Waals surface area contributed by atoms with Crippen molar-refractivity contribution in [2.45, 2.75) is 39.3 Å². The van der Waals surface area contributed by atoms with E-state index in [1.165, 1.54) is 0 Å². The molecular weight excluding hydrogens is 258 g/mol. The summed E-state index contributed by atoms with van der Waals surface area (Å²) >= 11 is 0. The normalized spacial score (nSPS) is 13.0. The van der Waals surface area contributed by atoms with Gasteiger partial charge in [0.2, 0.25) is 0 Å². The lowest BCUT2D eigenvalue weighted by Crippen LogP contribution is -2.34. The van der Waals surface area contributed by atoms with Gasteiger partial charge in [0.1, 0.15) is 5.60 Å². The van der Waals surface area contributed by atoms with E-state index in [0.29, 0.717) is 0 Å². The molecule has 2 aromatic heterocycles. The molecule has 2 rings (SSSR count). The lowest BCUT2D eigenvalue weighted by Gasteiger charge is -2.22. The second kappa shape index (κ2) is 5.36. The van der Waals surface area contributed by atoms with Crippen molar-refractivity contribution < 1.29 is 9.53 Å². The molecule has 0 radical (unpaired) electrons. The molecule has 2 heterocycles. The van der Waals surface area contributed by atoms with Gasteiger partial charge in [0.15, 0.2) is 0 Å². The van der Waals surface area contributed by atoms with E-state index in [1.807, 2.05) is 32.3 Å². The summed E-state index contributed by atoms with van der Waals surface area (Å²) < 4.78 is 7.09. The van der Waals surface area contributed by atoms with Gasteiger partial charge in [0, 0.05) is 6.20 Å². The van der Waals surface area contributed by atoms with Crippen LogP contribution < -0.4 is 5.32 Å². The highest BCUT2D eigenvalue weighted by atomic mass is 16.6. The van der Waals surface area contributed by atoms with Crippen molar-refractivity contribution in [3.8, 4) is 5.69 Å². The Balaban J connectivity index is 2.09. The van der Waals surface area contributed by atoms with Crippen LogP contribution in [0.4, 0.5) is 4.79 Å². The Morgan fingerprint density at radius 3 is 2.80 bits per heavy atom. The van der Waals surface area contributed by atoms with Crippen molar-refractivity contribution in [3.63, 3.8) is 0 Å². The Morgan fingerprint density at radius 1 is 1.45 bits per heavy atom. The maximum atomic E-state index is 11.8. The van der Waals surface area contributed by atoms with E-state index in [9.17, 15) is 4.79 Å². The van der Waals surface area contributed by atoms with Gasteiger partial charge >= 0.3 is 6.09 Å². The van der Waals surface area contributed by atoms with E-state index in [2.05, 4.69) is 20.5 Å². The number of nitrogens with zero attached hydrogens (tertiary/aromatic N) is 3. The third kappa shape index (κ3) is 3.37. The number of amides is 1. The molecule has 0 fully saturated rings. The van der Waals surface area contributed by atoms with Crippen molar-refractivity contribution in [2.75, 3.05) is 0 Å². The molecular formula is C13H19N5O2. The van der Waals surface area contributed by atoms with Gasteiger partial charge in [-0.15, -0.1) is 0 Å². The highest BCUT2D eigenvalue weighted by Gasteiger charge is 2.20. The Hall–Kier alpha value is -2.31. The molecule has 7 heteroatoms. The summed E-state index contributed by atoms with van der Waals surface area (Å²) in [6.45, 7) is 7.35. The minimum absolute atomic E-state index is 0.234. The number of nitrogens with one attached hydrogen (secondary N) is 2. The van der Waals surface area contributed by atoms with Crippen LogP contribution in [-0.4, -0.2) is 31.4 Å². The van der Waals surface area contributed by atoms with Crippen molar-refractivity contribution in [1.82, 2.24) is 25.1 Å². The molecule has 108 valence electrons. The monoisotopic (exact) mass is 277 g/mol. The highest BCUT2D eigenvalue weighted by molar-refractivity contribution is 5.68. The van der Waals surface area contributed by atoms with Crippen LogP contribution in [0.1, 0.15) is 39.4 Å². The molecule has 0 spiro atoms. The van der Waals surface area contributed by atoms with Gasteiger partial charge in [-0.1, -0.05) is 0 Å². The fraction of sp³-hybridized carbons (Fsp3) is 0.462. The lowest BCUT2D eigenvalue weighted by atomic mass is 10.2. The summed E-state index contributed by atoms with van der Waals surface area (Å²) in [6, 6.07) is -0.234. The van der Waals surface area contributed by atoms with Gasteiger partial charge < -0.3 is 10.1 Å². The van der Waals surface area contributed by atoms with Gasteiger partial charge in [0.05, 0.1) is 36.1 Å². The predicted octanol–water partition coefficient (Wildman–Crippen LogP) is 2.18. The second-order valence-electron chi connectivity index (χ2n) is 5.51. The van der Waals surface area contributed by atoms with Crippen LogP contribution in [0.3, 0.4) is 0 Å². The fourth-order valence-electron chi connectivity index (χ4n) is 1.78. The topological polar surface area (TPSA) is 84.8 Å². The van der Waals surface area contributed by atoms with Crippen LogP contribution in [-0.2, 0) is 4.74 Å². The fourth-order valence-corrected chi connectivity index (χ4v) is 1.78. The molecule has 2 aromatic rings. The number of aromatic amines is 1. The van der Waals surface area contributed by atoms with E-state index >= 15 is 0 Å². The number of aromatic nitrogens is 4. The van der Waals surface area contributed by atoms with Crippen LogP contribution in [0, 0.1) is 0 Å². The van der Waals surface area contributed by atoms with E-state index in [-0.39, 0.29) is 6.04 Å². The van der Waals surface area contributed by atoms with Crippen LogP contribution in [0.5, 0.6) is 0 Å². The molecule has 0 bridgehead atoms. The third-order valence-corrected chi connectivity index (χ3v) is 2.61. The number of alkyl carbamates (subject to hydrolysis) is 1. The molecule has 0 saturated heterocycles. The minimum Gasteiger partial charge on any atom is -0.444 e. The number of carbonyl (C=O) groups excluding carboxylic acids is 1. The van der Waals surface area contributed by atoms with Crippen molar-refractivity contribution in [1.29, 1.82) is 0 Å². The Morgan fingerprint density at radius 2 is 2.20 bits per heavy atom. The minimum atomic E-state index is -0.519. The molecule has 0 aromatic carbocycles. The van der Waals surface area contributed by atoms with Crippen LogP contribution in [0.25, 0.3) is 5.69 Å². The van der Waals surface area contributed by atoms with Gasteiger partial charge in [0.25, 0.3) is 0 Å². The lowest BCUT2D eigenvalue weighted by molar-refractivity contribution is 0.0506. The number of H-pyrrole nitrogens is 1. The molecule has 0 aliphatic carbocycles. The first-order valence-electron chi connectivity index (χ1n) is 6.38. The second-order valence-corrected chi connectivity index (χ2v) is 5.51. The molecule has 0 aliphatic heterocycles. The molecule has 2 N–H and O–H groups in total. The van der Waals surface area contributed by atoms with E-state index < -0.39 is 11.7 Å². The molecule has 1 amide bonds. The quantitative estimate of drug-likeness (QED) is 0.900. The summed E-state index contributed by atoms with van der Waals surface area (Å²) in [4.78, 5) is 15.9. The van der Waals surface area contributed by atoms with Gasteiger partial charge in [-0.2, -0.15) is 5.10 Å². The van der Waals surface area contributed by atoms with E-state index in [1.54, 1.807) is 24.9 Å². The zero-order chi connectivity index (χ0) is 14.8. The van der Waals surface area contributed by atoms with E-state index in [4.69, 9.17) is 4.74 Å². The first-order valence-corrected chi connectivity index (χ1v) is 6.38. The first-order chi connectivity index (χ1) is 9.37. The smallest absolute Gasteiger partial charge is 0.408 e. The first kappa shape index (κ1) is 14.1. The maximum Gasteiger partial charge on any atom is 0.408 e. The SMILES string of the molecule is C[C@H](NC(=O)OC(C)(C)C)c1cncn1-c1cn[nH]c1. The Labute approximate surface area is 117 Å². The van der Waals surface area contributed by atoms with Gasteiger partial charge in [-0.3, -0.25) is 9.67 Å². The third-order valence-electron chi connectivity index (χ3n) is 2.61. The molecule has 7 nitrogen and oxygen atoms in total. The number of rotatable bonds is 3. The maximum absolute atomic E-state index is 11.8. The molecule has 20 heavy (non-hydrogen) atoms. The Kier molecular flexibility index (Phi) is 3.78. The number of ether oxygens (including phenoxy) is 1. The standard InChI is InChI=1S/C13H19N5O2/c1-9(17-12(19)20-13(2,3)4)11-7-14-8-18(11)10-5-15-16-6-10/h5-9H,1-4H3,(H,15,16)(H,17,19)/t9-/m0/s1. The number of imidazole rings is 1. The molecule has 0 aliphatic rings. The van der Waals surface area contributed by atoms with Crippen molar-refractivity contribution in [3.05, 3.63) is 30.6 Å². The zero-order valence-corrected chi connectivity index (χ0v) is 12.0. The van der Waals surface area contributed by atoms with Crippen LogP contribution in [0.2, 0.25) is 0 Å².